The summed E-state index contributed by atoms with van der Waals surface area (Å²) in [6, 6.07) is 5.86. The fourth-order valence-corrected chi connectivity index (χ4v) is 1.99. The highest BCUT2D eigenvalue weighted by Crippen LogP contribution is 2.14. The van der Waals surface area contributed by atoms with Gasteiger partial charge < -0.3 is 9.47 Å². The van der Waals surface area contributed by atoms with Gasteiger partial charge >= 0.3 is 11.9 Å². The maximum atomic E-state index is 11.6. The van der Waals surface area contributed by atoms with Gasteiger partial charge in [0, 0.05) is 12.1 Å². The van der Waals surface area contributed by atoms with Gasteiger partial charge in [0.1, 0.15) is 6.61 Å². The Balaban J connectivity index is 2.21. The molecule has 0 aromatic heterocycles. The van der Waals surface area contributed by atoms with Gasteiger partial charge in [-0.1, -0.05) is 38.3 Å². The minimum Gasteiger partial charge on any atom is -0.466 e. The topological polar surface area (TPSA) is 95.7 Å². The number of carbonyl (C=O) groups is 2. The van der Waals surface area contributed by atoms with E-state index in [0.29, 0.717) is 12.2 Å². The number of non-ortho nitro benzene ring substituents is 1. The molecular formula is C17H23NO6. The standard InChI is InChI=1S/C17H23NO6/c1-2-3-4-5-11-23-16(19)9-10-17(20)24-13-14-7-6-8-15(12-14)18(21)22/h6-8,12H,2-5,9-11,13H2,1H3. The first-order valence-corrected chi connectivity index (χ1v) is 8.07. The van der Waals surface area contributed by atoms with Crippen molar-refractivity contribution in [3.05, 3.63) is 39.9 Å². The number of hydrogen-bond acceptors (Lipinski definition) is 6. The number of ether oxygens (including phenoxy) is 2. The van der Waals surface area contributed by atoms with Gasteiger partial charge in [-0.3, -0.25) is 19.7 Å². The van der Waals surface area contributed by atoms with Crippen LogP contribution in [0.3, 0.4) is 0 Å². The van der Waals surface area contributed by atoms with Crippen molar-refractivity contribution >= 4 is 17.6 Å². The predicted octanol–water partition coefficient (Wildman–Crippen LogP) is 3.54. The van der Waals surface area contributed by atoms with Gasteiger partial charge in [-0.25, -0.2) is 0 Å². The third-order valence-corrected chi connectivity index (χ3v) is 3.32. The number of nitrogens with zero attached hydrogens (tertiary/aromatic N) is 1. The summed E-state index contributed by atoms with van der Waals surface area (Å²) in [7, 11) is 0. The third-order valence-electron chi connectivity index (χ3n) is 3.32. The molecule has 0 fully saturated rings. The fraction of sp³-hybridized carbons (Fsp3) is 0.529. The maximum absolute atomic E-state index is 11.6. The summed E-state index contributed by atoms with van der Waals surface area (Å²) in [5, 5.41) is 10.7. The summed E-state index contributed by atoms with van der Waals surface area (Å²) < 4.78 is 10.0. The van der Waals surface area contributed by atoms with E-state index in [0.717, 1.165) is 25.7 Å². The smallest absolute Gasteiger partial charge is 0.306 e. The van der Waals surface area contributed by atoms with Gasteiger partial charge in [0.2, 0.25) is 0 Å². The maximum Gasteiger partial charge on any atom is 0.306 e. The number of nitro groups is 1. The van der Waals surface area contributed by atoms with E-state index in [2.05, 4.69) is 6.92 Å². The molecule has 7 heteroatoms. The average Bonchev–Trinajstić information content (AvgIpc) is 2.58. The lowest BCUT2D eigenvalue weighted by molar-refractivity contribution is -0.384. The summed E-state index contributed by atoms with van der Waals surface area (Å²) in [5.74, 6) is -0.955. The predicted molar refractivity (Wildman–Crippen MR) is 87.2 cm³/mol. The molecule has 0 aliphatic carbocycles. The van der Waals surface area contributed by atoms with E-state index in [1.165, 1.54) is 18.2 Å². The summed E-state index contributed by atoms with van der Waals surface area (Å²) in [6.45, 7) is 2.42. The molecule has 1 aromatic carbocycles. The Hall–Kier alpha value is -2.44. The quantitative estimate of drug-likeness (QED) is 0.265. The van der Waals surface area contributed by atoms with E-state index in [9.17, 15) is 19.7 Å². The van der Waals surface area contributed by atoms with Crippen molar-refractivity contribution in [1.29, 1.82) is 0 Å². The Morgan fingerprint density at radius 2 is 1.79 bits per heavy atom. The number of benzene rings is 1. The fourth-order valence-electron chi connectivity index (χ4n) is 1.99. The molecule has 132 valence electrons. The van der Waals surface area contributed by atoms with E-state index < -0.39 is 16.9 Å². The lowest BCUT2D eigenvalue weighted by Gasteiger charge is -2.06. The molecule has 1 aromatic rings. The van der Waals surface area contributed by atoms with Crippen LogP contribution in [0.5, 0.6) is 0 Å². The van der Waals surface area contributed by atoms with Crippen LogP contribution in [0.25, 0.3) is 0 Å². The van der Waals surface area contributed by atoms with Crippen molar-refractivity contribution in [1.82, 2.24) is 0 Å². The van der Waals surface area contributed by atoms with Gasteiger partial charge in [-0.05, 0) is 12.0 Å². The molecule has 0 atom stereocenters. The summed E-state index contributed by atoms with van der Waals surface area (Å²) >= 11 is 0. The van der Waals surface area contributed by atoms with Crippen LogP contribution in [0.2, 0.25) is 0 Å². The van der Waals surface area contributed by atoms with Crippen molar-refractivity contribution in [2.75, 3.05) is 6.61 Å². The van der Waals surface area contributed by atoms with Gasteiger partial charge in [0.05, 0.1) is 24.4 Å². The molecule has 0 unspecified atom stereocenters. The zero-order valence-corrected chi connectivity index (χ0v) is 13.9. The van der Waals surface area contributed by atoms with Gasteiger partial charge in [0.25, 0.3) is 5.69 Å². The second-order valence-electron chi connectivity index (χ2n) is 5.37. The van der Waals surface area contributed by atoms with Crippen LogP contribution in [0.4, 0.5) is 5.69 Å². The molecule has 0 amide bonds. The first kappa shape index (κ1) is 19.6. The number of nitro benzene ring substituents is 1. The van der Waals surface area contributed by atoms with Crippen LogP contribution in [-0.2, 0) is 25.7 Å². The Kier molecular flexibility index (Phi) is 9.11. The Morgan fingerprint density at radius 1 is 1.08 bits per heavy atom. The molecule has 0 spiro atoms. The van der Waals surface area contributed by atoms with Crippen molar-refractivity contribution in [2.24, 2.45) is 0 Å². The first-order chi connectivity index (χ1) is 11.5. The monoisotopic (exact) mass is 337 g/mol. The Labute approximate surface area is 141 Å². The van der Waals surface area contributed by atoms with Crippen LogP contribution in [-0.4, -0.2) is 23.5 Å². The van der Waals surface area contributed by atoms with Gasteiger partial charge in [-0.15, -0.1) is 0 Å². The molecule has 0 heterocycles. The molecule has 0 aliphatic rings. The highest BCUT2D eigenvalue weighted by molar-refractivity contribution is 5.77. The van der Waals surface area contributed by atoms with Crippen molar-refractivity contribution in [3.63, 3.8) is 0 Å². The lowest BCUT2D eigenvalue weighted by atomic mass is 10.2. The lowest BCUT2D eigenvalue weighted by Crippen LogP contribution is -2.11. The van der Waals surface area contributed by atoms with Gasteiger partial charge in [-0.2, -0.15) is 0 Å². The van der Waals surface area contributed by atoms with Crippen LogP contribution in [0.15, 0.2) is 24.3 Å². The van der Waals surface area contributed by atoms with Crippen LogP contribution >= 0.6 is 0 Å². The molecule has 0 aliphatic heterocycles. The minimum absolute atomic E-state index is 0.0262. The normalized spacial score (nSPS) is 10.2. The Bertz CT molecular complexity index is 558. The molecule has 0 saturated carbocycles. The largest absolute Gasteiger partial charge is 0.466 e. The van der Waals surface area contributed by atoms with Crippen LogP contribution in [0, 0.1) is 10.1 Å². The van der Waals surface area contributed by atoms with E-state index >= 15 is 0 Å². The van der Waals surface area contributed by atoms with Crippen LogP contribution < -0.4 is 0 Å². The third kappa shape index (κ3) is 8.26. The molecule has 0 radical (unpaired) electrons. The van der Waals surface area contributed by atoms with Gasteiger partial charge in [0.15, 0.2) is 0 Å². The second-order valence-corrected chi connectivity index (χ2v) is 5.37. The average molecular weight is 337 g/mol. The summed E-state index contributed by atoms with van der Waals surface area (Å²) in [6.07, 6.45) is 3.99. The highest BCUT2D eigenvalue weighted by atomic mass is 16.6. The number of rotatable bonds is 11. The van der Waals surface area contributed by atoms with Crippen LogP contribution in [0.1, 0.15) is 51.0 Å². The zero-order chi connectivity index (χ0) is 17.8. The summed E-state index contributed by atoms with van der Waals surface area (Å²) in [5.41, 5.74) is 0.464. The second kappa shape index (κ2) is 11.2. The molecule has 0 N–H and O–H groups in total. The number of unbranched alkanes of at least 4 members (excludes halogenated alkanes) is 3. The van der Waals surface area contributed by atoms with E-state index in [1.807, 2.05) is 0 Å². The van der Waals surface area contributed by atoms with E-state index in [-0.39, 0.29) is 25.1 Å². The van der Waals surface area contributed by atoms with E-state index in [4.69, 9.17) is 9.47 Å². The van der Waals surface area contributed by atoms with E-state index in [1.54, 1.807) is 6.07 Å². The highest BCUT2D eigenvalue weighted by Gasteiger charge is 2.11. The molecule has 1 rings (SSSR count). The van der Waals surface area contributed by atoms with Crippen molar-refractivity contribution < 1.29 is 24.0 Å². The number of carbonyl (C=O) groups excluding carboxylic acids is 2. The summed E-state index contributed by atoms with van der Waals surface area (Å²) in [4.78, 5) is 33.2. The molecule has 0 bridgehead atoms. The zero-order valence-electron chi connectivity index (χ0n) is 13.9. The SMILES string of the molecule is CCCCCCOC(=O)CCC(=O)OCc1cccc([N+](=O)[O-])c1. The first-order valence-electron chi connectivity index (χ1n) is 8.07. The molecule has 24 heavy (non-hydrogen) atoms. The molecule has 7 nitrogen and oxygen atoms in total. The molecular weight excluding hydrogens is 314 g/mol. The Morgan fingerprint density at radius 3 is 2.46 bits per heavy atom. The van der Waals surface area contributed by atoms with Crippen molar-refractivity contribution in [3.8, 4) is 0 Å². The number of esters is 2. The molecule has 0 saturated heterocycles. The number of hydrogen-bond donors (Lipinski definition) is 0. The minimum atomic E-state index is -0.538. The van der Waals surface area contributed by atoms with Crippen molar-refractivity contribution in [2.45, 2.75) is 52.1 Å².